The Labute approximate surface area is 126 Å². The van der Waals surface area contributed by atoms with E-state index < -0.39 is 0 Å². The maximum absolute atomic E-state index is 11.4. The summed E-state index contributed by atoms with van der Waals surface area (Å²) >= 11 is 6.18. The number of carbonyl (C=O) groups is 1. The summed E-state index contributed by atoms with van der Waals surface area (Å²) in [7, 11) is 4.28. The molecular weight excluding hydrogens is 272 g/mol. The topological polar surface area (TPSA) is 23.6 Å². The van der Waals surface area contributed by atoms with Crippen LogP contribution in [0.4, 0.5) is 5.69 Å². The van der Waals surface area contributed by atoms with Crippen LogP contribution >= 0.6 is 11.6 Å². The molecule has 110 valence electrons. The van der Waals surface area contributed by atoms with Crippen LogP contribution in [0.15, 0.2) is 18.2 Å². The fourth-order valence-corrected chi connectivity index (χ4v) is 3.07. The van der Waals surface area contributed by atoms with Crippen LogP contribution in [0.25, 0.3) is 0 Å². The third-order valence-electron chi connectivity index (χ3n) is 4.14. The van der Waals surface area contributed by atoms with E-state index in [4.69, 9.17) is 11.6 Å². The van der Waals surface area contributed by atoms with E-state index in [9.17, 15) is 4.79 Å². The highest BCUT2D eigenvalue weighted by molar-refractivity contribution is 6.34. The van der Waals surface area contributed by atoms with E-state index in [1.165, 1.54) is 25.9 Å². The summed E-state index contributed by atoms with van der Waals surface area (Å²) in [6.07, 6.45) is 2.50. The van der Waals surface area contributed by atoms with Gasteiger partial charge in [0.2, 0.25) is 0 Å². The highest BCUT2D eigenvalue weighted by Gasteiger charge is 2.18. The van der Waals surface area contributed by atoms with Crippen molar-refractivity contribution in [2.24, 2.45) is 5.92 Å². The quantitative estimate of drug-likeness (QED) is 0.796. The third kappa shape index (κ3) is 3.74. The lowest BCUT2D eigenvalue weighted by Crippen LogP contribution is -2.35. The number of carbonyl (C=O) groups excluding carboxylic acids is 1. The van der Waals surface area contributed by atoms with Crippen molar-refractivity contribution in [1.29, 1.82) is 0 Å². The standard InChI is InChI=1S/C16H23ClN2O/c1-12(20)15-5-4-14(10-16(15)17)19(3)11-13-6-8-18(2)9-7-13/h4-5,10,13H,6-9,11H2,1-3H3. The van der Waals surface area contributed by atoms with Crippen molar-refractivity contribution in [1.82, 2.24) is 4.90 Å². The SMILES string of the molecule is CC(=O)c1ccc(N(C)CC2CCN(C)CC2)cc1Cl. The molecule has 0 spiro atoms. The zero-order valence-corrected chi connectivity index (χ0v) is 13.3. The molecule has 0 radical (unpaired) electrons. The number of hydrogen-bond acceptors (Lipinski definition) is 3. The maximum atomic E-state index is 11.4. The van der Waals surface area contributed by atoms with Crippen LogP contribution in [0.5, 0.6) is 0 Å². The summed E-state index contributed by atoms with van der Waals surface area (Å²) in [5.74, 6) is 0.752. The van der Waals surface area contributed by atoms with Crippen molar-refractivity contribution >= 4 is 23.1 Å². The first-order valence-corrected chi connectivity index (χ1v) is 7.55. The zero-order chi connectivity index (χ0) is 14.7. The van der Waals surface area contributed by atoms with Crippen LogP contribution in [0.1, 0.15) is 30.1 Å². The normalized spacial score (nSPS) is 17.2. The molecule has 0 N–H and O–H groups in total. The number of Topliss-reactive ketones (excluding diaryl/α,β-unsaturated/α-hetero) is 1. The molecule has 2 rings (SSSR count). The molecule has 0 atom stereocenters. The molecule has 0 unspecified atom stereocenters. The number of hydrogen-bond donors (Lipinski definition) is 0. The molecule has 1 saturated heterocycles. The Morgan fingerprint density at radius 1 is 1.40 bits per heavy atom. The van der Waals surface area contributed by atoms with Gasteiger partial charge < -0.3 is 9.80 Å². The van der Waals surface area contributed by atoms with Gasteiger partial charge in [-0.2, -0.15) is 0 Å². The second kappa shape index (κ2) is 6.59. The Morgan fingerprint density at radius 2 is 2.05 bits per heavy atom. The van der Waals surface area contributed by atoms with E-state index in [0.717, 1.165) is 18.2 Å². The average molecular weight is 295 g/mol. The fraction of sp³-hybridized carbons (Fsp3) is 0.562. The van der Waals surface area contributed by atoms with Crippen LogP contribution in [-0.2, 0) is 0 Å². The number of benzene rings is 1. The van der Waals surface area contributed by atoms with Gasteiger partial charge >= 0.3 is 0 Å². The number of rotatable bonds is 4. The summed E-state index contributed by atoms with van der Waals surface area (Å²) in [5.41, 5.74) is 1.68. The van der Waals surface area contributed by atoms with Crippen LogP contribution in [-0.4, -0.2) is 44.4 Å². The summed E-state index contributed by atoms with van der Waals surface area (Å²) < 4.78 is 0. The van der Waals surface area contributed by atoms with Crippen molar-refractivity contribution < 1.29 is 4.79 Å². The Morgan fingerprint density at radius 3 is 2.60 bits per heavy atom. The van der Waals surface area contributed by atoms with E-state index >= 15 is 0 Å². The first kappa shape index (κ1) is 15.3. The van der Waals surface area contributed by atoms with Gasteiger partial charge in [-0.25, -0.2) is 0 Å². The number of ketones is 1. The lowest BCUT2D eigenvalue weighted by atomic mass is 9.96. The Balaban J connectivity index is 2.00. The van der Waals surface area contributed by atoms with Gasteiger partial charge in [-0.15, -0.1) is 0 Å². The number of nitrogens with zero attached hydrogens (tertiary/aromatic N) is 2. The molecule has 1 heterocycles. The lowest BCUT2D eigenvalue weighted by molar-refractivity contribution is 0.101. The van der Waals surface area contributed by atoms with Crippen molar-refractivity contribution in [3.05, 3.63) is 28.8 Å². The first-order chi connectivity index (χ1) is 9.47. The minimum Gasteiger partial charge on any atom is -0.374 e. The lowest BCUT2D eigenvalue weighted by Gasteiger charge is -2.32. The van der Waals surface area contributed by atoms with Crippen molar-refractivity contribution in [2.45, 2.75) is 19.8 Å². The molecule has 1 aromatic rings. The maximum Gasteiger partial charge on any atom is 0.161 e. The molecule has 4 heteroatoms. The Hall–Kier alpha value is -1.06. The van der Waals surface area contributed by atoms with Crippen molar-refractivity contribution in [3.63, 3.8) is 0 Å². The molecule has 0 aromatic heterocycles. The van der Waals surface area contributed by atoms with Gasteiger partial charge in [-0.1, -0.05) is 11.6 Å². The molecule has 0 amide bonds. The largest absolute Gasteiger partial charge is 0.374 e. The second-order valence-corrected chi connectivity index (χ2v) is 6.25. The Kier molecular flexibility index (Phi) is 5.06. The van der Waals surface area contributed by atoms with Crippen LogP contribution in [0, 0.1) is 5.92 Å². The van der Waals surface area contributed by atoms with Gasteiger partial charge in [0.25, 0.3) is 0 Å². The predicted octanol–water partition coefficient (Wildman–Crippen LogP) is 3.32. The molecule has 0 bridgehead atoms. The molecule has 1 fully saturated rings. The van der Waals surface area contributed by atoms with Gasteiger partial charge in [-0.3, -0.25) is 4.79 Å². The molecule has 1 aliphatic heterocycles. The van der Waals surface area contributed by atoms with Crippen molar-refractivity contribution in [3.8, 4) is 0 Å². The highest BCUT2D eigenvalue weighted by Crippen LogP contribution is 2.25. The molecular formula is C16H23ClN2O. The van der Waals surface area contributed by atoms with Crippen molar-refractivity contribution in [2.75, 3.05) is 38.6 Å². The highest BCUT2D eigenvalue weighted by atomic mass is 35.5. The van der Waals surface area contributed by atoms with Gasteiger partial charge in [0.05, 0.1) is 5.02 Å². The second-order valence-electron chi connectivity index (χ2n) is 5.85. The monoisotopic (exact) mass is 294 g/mol. The van der Waals surface area contributed by atoms with Crippen LogP contribution in [0.3, 0.4) is 0 Å². The fourth-order valence-electron chi connectivity index (χ4n) is 2.76. The Bertz CT molecular complexity index is 481. The van der Waals surface area contributed by atoms with Gasteiger partial charge in [0, 0.05) is 24.8 Å². The first-order valence-electron chi connectivity index (χ1n) is 7.17. The molecule has 3 nitrogen and oxygen atoms in total. The van der Waals surface area contributed by atoms with Crippen LogP contribution in [0.2, 0.25) is 5.02 Å². The van der Waals surface area contributed by atoms with Gasteiger partial charge in [0.1, 0.15) is 0 Å². The van der Waals surface area contributed by atoms with E-state index in [1.54, 1.807) is 6.92 Å². The molecule has 0 aliphatic carbocycles. The minimum absolute atomic E-state index is 0.0134. The average Bonchev–Trinajstić information content (AvgIpc) is 2.40. The minimum atomic E-state index is 0.0134. The number of piperidine rings is 1. The summed E-state index contributed by atoms with van der Waals surface area (Å²) in [5, 5.41) is 0.547. The molecule has 1 aliphatic rings. The van der Waals surface area contributed by atoms with E-state index in [1.807, 2.05) is 18.2 Å². The number of halogens is 1. The van der Waals surface area contributed by atoms with E-state index in [0.29, 0.717) is 10.6 Å². The number of likely N-dealkylation sites (tertiary alicyclic amines) is 1. The van der Waals surface area contributed by atoms with E-state index in [-0.39, 0.29) is 5.78 Å². The predicted molar refractivity (Wildman–Crippen MR) is 84.9 cm³/mol. The summed E-state index contributed by atoms with van der Waals surface area (Å²) in [4.78, 5) is 16.0. The molecule has 20 heavy (non-hydrogen) atoms. The summed E-state index contributed by atoms with van der Waals surface area (Å²) in [6.45, 7) is 4.96. The zero-order valence-electron chi connectivity index (χ0n) is 12.5. The van der Waals surface area contributed by atoms with E-state index in [2.05, 4.69) is 23.9 Å². The molecule has 0 saturated carbocycles. The smallest absolute Gasteiger partial charge is 0.161 e. The molecule has 1 aromatic carbocycles. The van der Waals surface area contributed by atoms with Crippen LogP contribution < -0.4 is 4.90 Å². The summed E-state index contributed by atoms with van der Waals surface area (Å²) in [6, 6.07) is 5.70. The third-order valence-corrected chi connectivity index (χ3v) is 4.46. The number of anilines is 1. The van der Waals surface area contributed by atoms with Gasteiger partial charge in [0.15, 0.2) is 5.78 Å². The van der Waals surface area contributed by atoms with Gasteiger partial charge in [-0.05, 0) is 64.0 Å².